The Morgan fingerprint density at radius 2 is 2.15 bits per heavy atom. The summed E-state index contributed by atoms with van der Waals surface area (Å²) >= 11 is 0. The molecule has 0 aliphatic heterocycles. The Balaban J connectivity index is 2.93. The van der Waals surface area contributed by atoms with E-state index in [4.69, 9.17) is 10.00 Å². The zero-order valence-electron chi connectivity index (χ0n) is 7.87. The molecule has 2 heteroatoms. The first-order valence-corrected chi connectivity index (χ1v) is 4.16. The van der Waals surface area contributed by atoms with Crippen molar-refractivity contribution >= 4 is 0 Å². The Hall–Kier alpha value is -1.49. The zero-order chi connectivity index (χ0) is 9.84. The summed E-state index contributed by atoms with van der Waals surface area (Å²) in [4.78, 5) is 0. The summed E-state index contributed by atoms with van der Waals surface area (Å²) in [6, 6.07) is 7.28. The van der Waals surface area contributed by atoms with Gasteiger partial charge in [0.2, 0.25) is 0 Å². The van der Waals surface area contributed by atoms with Crippen molar-refractivity contribution in [3.63, 3.8) is 0 Å². The molecule has 0 unspecified atom stereocenters. The first kappa shape index (κ1) is 9.60. The van der Waals surface area contributed by atoms with Crippen LogP contribution in [0.15, 0.2) is 18.2 Å². The number of nitrogens with zero attached hydrogens (tertiary/aromatic N) is 1. The molecule has 0 amide bonds. The van der Waals surface area contributed by atoms with E-state index in [2.05, 4.69) is 13.0 Å². The predicted molar refractivity (Wildman–Crippen MR) is 51.4 cm³/mol. The first-order valence-electron chi connectivity index (χ1n) is 4.16. The molecule has 67 valence electrons. The van der Waals surface area contributed by atoms with E-state index in [0.29, 0.717) is 5.56 Å². The van der Waals surface area contributed by atoms with Gasteiger partial charge in [0, 0.05) is 0 Å². The lowest BCUT2D eigenvalue weighted by Gasteiger charge is -2.11. The Bertz CT molecular complexity index is 336. The van der Waals surface area contributed by atoms with E-state index < -0.39 is 0 Å². The number of ether oxygens (including phenoxy) is 1. The van der Waals surface area contributed by atoms with Crippen molar-refractivity contribution in [3.8, 4) is 11.8 Å². The van der Waals surface area contributed by atoms with E-state index in [0.717, 1.165) is 11.3 Å². The molecule has 0 fully saturated rings. The molecule has 1 rings (SSSR count). The molecule has 0 bridgehead atoms. The minimum atomic E-state index is 0.133. The fourth-order valence-electron chi connectivity index (χ4n) is 1.02. The lowest BCUT2D eigenvalue weighted by molar-refractivity contribution is 0.241. The predicted octanol–water partition coefficient (Wildman–Crippen LogP) is 2.53. The number of hydrogen-bond acceptors (Lipinski definition) is 2. The average Bonchev–Trinajstić information content (AvgIpc) is 2.08. The van der Waals surface area contributed by atoms with Crippen molar-refractivity contribution in [1.29, 1.82) is 5.26 Å². The summed E-state index contributed by atoms with van der Waals surface area (Å²) in [5.41, 5.74) is 1.37. The van der Waals surface area contributed by atoms with E-state index in [9.17, 15) is 0 Å². The molecule has 1 aromatic carbocycles. The van der Waals surface area contributed by atoms with Gasteiger partial charge in [0.15, 0.2) is 0 Å². The van der Waals surface area contributed by atoms with Gasteiger partial charge in [-0.25, -0.2) is 0 Å². The summed E-state index contributed by atoms with van der Waals surface area (Å²) in [5.74, 6) is 0.744. The van der Waals surface area contributed by atoms with Crippen LogP contribution in [0, 0.1) is 18.3 Å². The highest BCUT2D eigenvalue weighted by atomic mass is 16.5. The maximum atomic E-state index is 8.62. The second-order valence-corrected chi connectivity index (χ2v) is 3.10. The van der Waals surface area contributed by atoms with Gasteiger partial charge in [0.05, 0.1) is 17.7 Å². The number of benzene rings is 1. The van der Waals surface area contributed by atoms with Crippen LogP contribution in [-0.2, 0) is 0 Å². The molecule has 0 aromatic heterocycles. The van der Waals surface area contributed by atoms with Crippen LogP contribution in [0.3, 0.4) is 0 Å². The summed E-state index contributed by atoms with van der Waals surface area (Å²) in [7, 11) is 0. The Morgan fingerprint density at radius 3 is 2.62 bits per heavy atom. The molecular formula is C11H12NO. The van der Waals surface area contributed by atoms with Crippen LogP contribution in [0.2, 0.25) is 0 Å². The van der Waals surface area contributed by atoms with Crippen LogP contribution < -0.4 is 4.74 Å². The Labute approximate surface area is 78.8 Å². The molecule has 13 heavy (non-hydrogen) atoms. The third kappa shape index (κ3) is 2.48. The summed E-state index contributed by atoms with van der Waals surface area (Å²) in [5, 5.41) is 8.62. The highest BCUT2D eigenvalue weighted by molar-refractivity contribution is 5.43. The van der Waals surface area contributed by atoms with Crippen LogP contribution >= 0.6 is 0 Å². The maximum absolute atomic E-state index is 8.62. The van der Waals surface area contributed by atoms with Gasteiger partial charge in [-0.15, -0.1) is 0 Å². The van der Waals surface area contributed by atoms with Gasteiger partial charge in [0.1, 0.15) is 5.75 Å². The number of nitriles is 1. The van der Waals surface area contributed by atoms with E-state index >= 15 is 0 Å². The van der Waals surface area contributed by atoms with Gasteiger partial charge in [-0.2, -0.15) is 5.26 Å². The van der Waals surface area contributed by atoms with Crippen LogP contribution in [0.5, 0.6) is 5.75 Å². The monoisotopic (exact) mass is 174 g/mol. The molecule has 2 nitrogen and oxygen atoms in total. The third-order valence-corrected chi connectivity index (χ3v) is 1.55. The summed E-state index contributed by atoms with van der Waals surface area (Å²) < 4.78 is 5.47. The normalized spacial score (nSPS) is 9.77. The SMILES string of the molecule is [CH2]c1cc(C#N)ccc1OC(C)C. The van der Waals surface area contributed by atoms with Crippen molar-refractivity contribution < 1.29 is 4.74 Å². The van der Waals surface area contributed by atoms with Crippen molar-refractivity contribution in [2.45, 2.75) is 20.0 Å². The molecule has 0 saturated carbocycles. The van der Waals surface area contributed by atoms with Crippen LogP contribution in [-0.4, -0.2) is 6.10 Å². The molecule has 0 N–H and O–H groups in total. The zero-order valence-corrected chi connectivity index (χ0v) is 7.87. The molecule has 0 heterocycles. The summed E-state index contributed by atoms with van der Waals surface area (Å²) in [6.07, 6.45) is 0.133. The smallest absolute Gasteiger partial charge is 0.122 e. The van der Waals surface area contributed by atoms with Gasteiger partial charge in [-0.05, 0) is 44.5 Å². The second-order valence-electron chi connectivity index (χ2n) is 3.10. The van der Waals surface area contributed by atoms with Crippen LogP contribution in [0.4, 0.5) is 0 Å². The van der Waals surface area contributed by atoms with Crippen LogP contribution in [0.25, 0.3) is 0 Å². The first-order chi connectivity index (χ1) is 6.13. The highest BCUT2D eigenvalue weighted by Crippen LogP contribution is 2.19. The largest absolute Gasteiger partial charge is 0.491 e. The minimum Gasteiger partial charge on any atom is -0.491 e. The van der Waals surface area contributed by atoms with Crippen molar-refractivity contribution in [2.24, 2.45) is 0 Å². The van der Waals surface area contributed by atoms with Crippen molar-refractivity contribution in [2.75, 3.05) is 0 Å². The molecule has 1 aromatic rings. The van der Waals surface area contributed by atoms with E-state index in [1.807, 2.05) is 13.8 Å². The Kier molecular flexibility index (Phi) is 2.92. The fourth-order valence-corrected chi connectivity index (χ4v) is 1.02. The number of rotatable bonds is 2. The molecule has 0 spiro atoms. The molecule has 0 aliphatic carbocycles. The Morgan fingerprint density at radius 1 is 1.46 bits per heavy atom. The lowest BCUT2D eigenvalue weighted by Crippen LogP contribution is -2.06. The fraction of sp³-hybridized carbons (Fsp3) is 0.273. The van der Waals surface area contributed by atoms with Crippen molar-refractivity contribution in [3.05, 3.63) is 36.2 Å². The average molecular weight is 174 g/mol. The molecule has 0 atom stereocenters. The maximum Gasteiger partial charge on any atom is 0.122 e. The third-order valence-electron chi connectivity index (χ3n) is 1.55. The number of hydrogen-bond donors (Lipinski definition) is 0. The molecular weight excluding hydrogens is 162 g/mol. The molecule has 0 aliphatic rings. The summed E-state index contributed by atoms with van der Waals surface area (Å²) in [6.45, 7) is 7.72. The second kappa shape index (κ2) is 3.95. The van der Waals surface area contributed by atoms with Crippen molar-refractivity contribution in [1.82, 2.24) is 0 Å². The topological polar surface area (TPSA) is 33.0 Å². The highest BCUT2D eigenvalue weighted by Gasteiger charge is 2.02. The standard InChI is InChI=1S/C11H12NO/c1-8(2)13-11-5-4-10(7-12)6-9(11)3/h4-6,8H,3H2,1-2H3. The van der Waals surface area contributed by atoms with Gasteiger partial charge < -0.3 is 4.74 Å². The van der Waals surface area contributed by atoms with E-state index in [1.54, 1.807) is 18.2 Å². The van der Waals surface area contributed by atoms with E-state index in [1.165, 1.54) is 0 Å². The molecule has 1 radical (unpaired) electrons. The van der Waals surface area contributed by atoms with E-state index in [-0.39, 0.29) is 6.10 Å². The van der Waals surface area contributed by atoms with Gasteiger partial charge in [-0.3, -0.25) is 0 Å². The van der Waals surface area contributed by atoms with Gasteiger partial charge >= 0.3 is 0 Å². The quantitative estimate of drug-likeness (QED) is 0.690. The molecule has 0 saturated heterocycles. The lowest BCUT2D eigenvalue weighted by atomic mass is 10.1. The van der Waals surface area contributed by atoms with Gasteiger partial charge in [-0.1, -0.05) is 0 Å². The van der Waals surface area contributed by atoms with Crippen LogP contribution in [0.1, 0.15) is 25.0 Å². The van der Waals surface area contributed by atoms with Gasteiger partial charge in [0.25, 0.3) is 0 Å². The minimum absolute atomic E-state index is 0.133.